The van der Waals surface area contributed by atoms with E-state index in [1.807, 2.05) is 0 Å². The molecule has 20 heavy (non-hydrogen) atoms. The number of amides is 1. The molecule has 0 saturated carbocycles. The van der Waals surface area contributed by atoms with Crippen LogP contribution in [-0.4, -0.2) is 31.7 Å². The van der Waals surface area contributed by atoms with Gasteiger partial charge in [-0.3, -0.25) is 4.79 Å². The molecule has 1 amide bonds. The number of nitrogens with one attached hydrogen (secondary N) is 2. The molecule has 5 heteroatoms. The number of hydrogen-bond donors (Lipinski definition) is 2. The summed E-state index contributed by atoms with van der Waals surface area (Å²) in [5.41, 5.74) is 0.479. The van der Waals surface area contributed by atoms with Crippen LogP contribution >= 0.6 is 0 Å². The van der Waals surface area contributed by atoms with E-state index in [9.17, 15) is 9.18 Å². The van der Waals surface area contributed by atoms with Crippen molar-refractivity contribution < 1.29 is 13.9 Å². The first-order valence-corrected chi connectivity index (χ1v) is 7.12. The molecule has 0 radical (unpaired) electrons. The highest BCUT2D eigenvalue weighted by molar-refractivity contribution is 5.92. The summed E-state index contributed by atoms with van der Waals surface area (Å²) in [6.45, 7) is 1.83. The zero-order chi connectivity index (χ0) is 14.2. The first-order chi connectivity index (χ1) is 9.74. The molecule has 1 atom stereocenters. The predicted molar refractivity (Wildman–Crippen MR) is 76.1 cm³/mol. The molecule has 1 aliphatic heterocycles. The van der Waals surface area contributed by atoms with Gasteiger partial charge < -0.3 is 15.4 Å². The first kappa shape index (κ1) is 14.9. The number of halogens is 1. The molecule has 1 unspecified atom stereocenters. The quantitative estimate of drug-likeness (QED) is 0.786. The van der Waals surface area contributed by atoms with E-state index in [4.69, 9.17) is 4.74 Å². The topological polar surface area (TPSA) is 50.4 Å². The van der Waals surface area contributed by atoms with Crippen molar-refractivity contribution in [3.05, 3.63) is 30.1 Å². The molecule has 2 N–H and O–H groups in total. The van der Waals surface area contributed by atoms with Crippen molar-refractivity contribution in [2.24, 2.45) is 0 Å². The van der Waals surface area contributed by atoms with Gasteiger partial charge in [-0.15, -0.1) is 0 Å². The Kier molecular flexibility index (Phi) is 5.95. The van der Waals surface area contributed by atoms with Crippen LogP contribution in [0.2, 0.25) is 0 Å². The number of ether oxygens (including phenoxy) is 1. The van der Waals surface area contributed by atoms with Gasteiger partial charge in [0.15, 0.2) is 0 Å². The third-order valence-electron chi connectivity index (χ3n) is 3.31. The Morgan fingerprint density at radius 1 is 1.40 bits per heavy atom. The minimum atomic E-state index is -0.356. The molecule has 0 spiro atoms. The van der Waals surface area contributed by atoms with E-state index in [0.717, 1.165) is 32.4 Å². The van der Waals surface area contributed by atoms with Gasteiger partial charge in [0, 0.05) is 12.3 Å². The summed E-state index contributed by atoms with van der Waals surface area (Å²) >= 11 is 0. The molecular weight excluding hydrogens is 259 g/mol. The zero-order valence-corrected chi connectivity index (χ0v) is 11.5. The number of carbonyl (C=O) groups excluding carboxylic acids is 1. The molecule has 1 aliphatic rings. The van der Waals surface area contributed by atoms with Gasteiger partial charge in [0.1, 0.15) is 5.82 Å². The van der Waals surface area contributed by atoms with Crippen molar-refractivity contribution in [2.45, 2.75) is 31.8 Å². The third kappa shape index (κ3) is 5.27. The fraction of sp³-hybridized carbons (Fsp3) is 0.533. The number of benzene rings is 1. The second kappa shape index (κ2) is 7.97. The Morgan fingerprint density at radius 3 is 3.05 bits per heavy atom. The largest absolute Gasteiger partial charge is 0.378 e. The number of rotatable bonds is 6. The maximum atomic E-state index is 12.9. The van der Waals surface area contributed by atoms with Crippen LogP contribution in [0.25, 0.3) is 0 Å². The highest BCUT2D eigenvalue weighted by Gasteiger charge is 2.13. The van der Waals surface area contributed by atoms with Gasteiger partial charge in [-0.1, -0.05) is 6.07 Å². The minimum absolute atomic E-state index is 0.167. The van der Waals surface area contributed by atoms with Crippen molar-refractivity contribution in [1.29, 1.82) is 0 Å². The molecule has 0 aliphatic carbocycles. The van der Waals surface area contributed by atoms with Crippen LogP contribution < -0.4 is 10.6 Å². The molecular formula is C15H21FN2O2. The van der Waals surface area contributed by atoms with Crippen LogP contribution in [0.3, 0.4) is 0 Å². The lowest BCUT2D eigenvalue weighted by Gasteiger charge is -2.22. The molecule has 0 bridgehead atoms. The van der Waals surface area contributed by atoms with Gasteiger partial charge in [0.2, 0.25) is 5.91 Å². The Morgan fingerprint density at radius 2 is 2.30 bits per heavy atom. The fourth-order valence-corrected chi connectivity index (χ4v) is 2.27. The average Bonchev–Trinajstić information content (AvgIpc) is 2.45. The van der Waals surface area contributed by atoms with Crippen molar-refractivity contribution in [1.82, 2.24) is 5.32 Å². The summed E-state index contributed by atoms with van der Waals surface area (Å²) in [6.07, 6.45) is 4.73. The van der Waals surface area contributed by atoms with Crippen molar-refractivity contribution >= 4 is 11.6 Å². The van der Waals surface area contributed by atoms with Crippen LogP contribution in [0.1, 0.15) is 25.7 Å². The Labute approximate surface area is 118 Å². The second-order valence-electron chi connectivity index (χ2n) is 5.01. The monoisotopic (exact) mass is 280 g/mol. The van der Waals surface area contributed by atoms with E-state index < -0.39 is 0 Å². The van der Waals surface area contributed by atoms with Gasteiger partial charge in [0.05, 0.1) is 12.6 Å². The average molecular weight is 280 g/mol. The van der Waals surface area contributed by atoms with Crippen LogP contribution in [0.4, 0.5) is 10.1 Å². The van der Waals surface area contributed by atoms with Gasteiger partial charge in [-0.25, -0.2) is 4.39 Å². The van der Waals surface area contributed by atoms with Gasteiger partial charge in [0.25, 0.3) is 0 Å². The third-order valence-corrected chi connectivity index (χ3v) is 3.31. The van der Waals surface area contributed by atoms with Crippen LogP contribution in [0.15, 0.2) is 24.3 Å². The lowest BCUT2D eigenvalue weighted by atomic mass is 10.1. The zero-order valence-electron chi connectivity index (χ0n) is 11.5. The maximum Gasteiger partial charge on any atom is 0.238 e. The van der Waals surface area contributed by atoms with E-state index >= 15 is 0 Å². The smallest absolute Gasteiger partial charge is 0.238 e. The molecule has 2 rings (SSSR count). The molecule has 0 aromatic heterocycles. The predicted octanol–water partition coefficient (Wildman–Crippen LogP) is 2.31. The standard InChI is InChI=1S/C15H21FN2O2/c16-12-4-3-5-13(10-12)18-15(19)11-17-8-7-14-6-1-2-9-20-14/h3-5,10,14,17H,1-2,6-9,11H2,(H,18,19). The summed E-state index contributed by atoms with van der Waals surface area (Å²) < 4.78 is 18.6. The summed E-state index contributed by atoms with van der Waals surface area (Å²) in [7, 11) is 0. The number of carbonyl (C=O) groups is 1. The Hall–Kier alpha value is -1.46. The molecule has 110 valence electrons. The van der Waals surface area contributed by atoms with Gasteiger partial charge in [-0.05, 0) is 50.4 Å². The maximum absolute atomic E-state index is 12.9. The highest BCUT2D eigenvalue weighted by Crippen LogP contribution is 2.14. The summed E-state index contributed by atoms with van der Waals surface area (Å²) in [6, 6.07) is 5.88. The Bertz CT molecular complexity index is 434. The fourth-order valence-electron chi connectivity index (χ4n) is 2.27. The van der Waals surface area contributed by atoms with E-state index in [0.29, 0.717) is 11.8 Å². The molecule has 1 aromatic rings. The van der Waals surface area contributed by atoms with Crippen molar-refractivity contribution in [2.75, 3.05) is 25.0 Å². The summed E-state index contributed by atoms with van der Waals surface area (Å²) in [5, 5.41) is 5.73. The Balaban J connectivity index is 1.60. The number of anilines is 1. The molecule has 1 saturated heterocycles. The van der Waals surface area contributed by atoms with Crippen molar-refractivity contribution in [3.63, 3.8) is 0 Å². The van der Waals surface area contributed by atoms with Crippen molar-refractivity contribution in [3.8, 4) is 0 Å². The lowest BCUT2D eigenvalue weighted by Crippen LogP contribution is -2.31. The lowest BCUT2D eigenvalue weighted by molar-refractivity contribution is -0.115. The van der Waals surface area contributed by atoms with Crippen LogP contribution in [0, 0.1) is 5.82 Å². The summed E-state index contributed by atoms with van der Waals surface area (Å²) in [5.74, 6) is -0.523. The normalized spacial score (nSPS) is 18.8. The van der Waals surface area contributed by atoms with Gasteiger partial charge >= 0.3 is 0 Å². The van der Waals surface area contributed by atoms with E-state index in [1.165, 1.54) is 18.6 Å². The summed E-state index contributed by atoms with van der Waals surface area (Å²) in [4.78, 5) is 11.6. The molecule has 1 heterocycles. The molecule has 1 aromatic carbocycles. The van der Waals surface area contributed by atoms with E-state index in [1.54, 1.807) is 12.1 Å². The minimum Gasteiger partial charge on any atom is -0.378 e. The van der Waals surface area contributed by atoms with E-state index in [2.05, 4.69) is 10.6 Å². The first-order valence-electron chi connectivity index (χ1n) is 7.12. The number of hydrogen-bond acceptors (Lipinski definition) is 3. The second-order valence-corrected chi connectivity index (χ2v) is 5.01. The SMILES string of the molecule is O=C(CNCCC1CCCCO1)Nc1cccc(F)c1. The van der Waals surface area contributed by atoms with E-state index in [-0.39, 0.29) is 18.3 Å². The molecule has 4 nitrogen and oxygen atoms in total. The highest BCUT2D eigenvalue weighted by atomic mass is 19.1. The van der Waals surface area contributed by atoms with Gasteiger partial charge in [-0.2, -0.15) is 0 Å². The molecule has 1 fully saturated rings. The van der Waals surface area contributed by atoms with Crippen LogP contribution in [-0.2, 0) is 9.53 Å². The van der Waals surface area contributed by atoms with Crippen LogP contribution in [0.5, 0.6) is 0 Å².